The summed E-state index contributed by atoms with van der Waals surface area (Å²) in [5.74, 6) is 0.821. The van der Waals surface area contributed by atoms with E-state index in [2.05, 4.69) is 15.4 Å². The van der Waals surface area contributed by atoms with Crippen molar-refractivity contribution in [3.05, 3.63) is 0 Å². The first-order chi connectivity index (χ1) is 7.87. The van der Waals surface area contributed by atoms with Gasteiger partial charge < -0.3 is 17.9 Å². The summed E-state index contributed by atoms with van der Waals surface area (Å²) in [7, 11) is 6.02. The minimum absolute atomic E-state index is 0.417. The topological polar surface area (TPSA) is 36.8 Å². The molecular formula is C12H24N4S. The predicted octanol–water partition coefficient (Wildman–Crippen LogP) is 1.85. The van der Waals surface area contributed by atoms with Crippen molar-refractivity contribution in [2.45, 2.75) is 45.1 Å². The molecule has 5 heteroatoms. The van der Waals surface area contributed by atoms with Gasteiger partial charge in [-0.3, -0.25) is 4.99 Å². The summed E-state index contributed by atoms with van der Waals surface area (Å²) >= 11 is 5.23. The molecule has 1 N–H and O–H groups in total. The van der Waals surface area contributed by atoms with Crippen LogP contribution in [0.5, 0.6) is 0 Å². The number of quaternary nitrogens is 1. The lowest BCUT2D eigenvalue weighted by atomic mass is 9.96. The Hall–Kier alpha value is -0.680. The molecule has 98 valence electrons. The molecule has 4 nitrogen and oxygen atoms in total. The fourth-order valence-corrected chi connectivity index (χ4v) is 2.33. The molecule has 1 aliphatic carbocycles. The Labute approximate surface area is 110 Å². The number of nitrogens with zero attached hydrogens (tertiary/aromatic N) is 3. The molecule has 0 aliphatic heterocycles. The van der Waals surface area contributed by atoms with Crippen molar-refractivity contribution in [2.24, 2.45) is 10.1 Å². The smallest absolute Gasteiger partial charge is 0.159 e. The lowest BCUT2D eigenvalue weighted by Gasteiger charge is -2.23. The molecule has 0 aromatic rings. The highest BCUT2D eigenvalue weighted by Gasteiger charge is 2.11. The van der Waals surface area contributed by atoms with Crippen LogP contribution in [-0.4, -0.2) is 42.8 Å². The van der Waals surface area contributed by atoms with Crippen LogP contribution in [-0.2, 0) is 12.6 Å². The molecule has 17 heavy (non-hydrogen) atoms. The average molecular weight is 256 g/mol. The fraction of sp³-hybridized carbons (Fsp3) is 0.833. The first kappa shape index (κ1) is 14.4. The maximum Gasteiger partial charge on any atom is 0.159 e. The second kappa shape index (κ2) is 6.31. The van der Waals surface area contributed by atoms with Gasteiger partial charge >= 0.3 is 0 Å². The normalized spacial score (nSPS) is 20.5. The first-order valence-electron chi connectivity index (χ1n) is 6.27. The molecule has 0 amide bonds. The van der Waals surface area contributed by atoms with Crippen LogP contribution in [0.4, 0.5) is 0 Å². The van der Waals surface area contributed by atoms with Gasteiger partial charge in [-0.05, 0) is 24.9 Å². The molecule has 0 bridgehead atoms. The van der Waals surface area contributed by atoms with Crippen LogP contribution in [0.25, 0.3) is 0 Å². The maximum absolute atomic E-state index is 5.23. The molecule has 1 fully saturated rings. The third-order valence-electron chi connectivity index (χ3n) is 2.61. The highest BCUT2D eigenvalue weighted by Crippen LogP contribution is 2.20. The monoisotopic (exact) mass is 256 g/mol. The number of hydrogen-bond donors (Lipinski definition) is 1. The van der Waals surface area contributed by atoms with Crippen molar-refractivity contribution in [1.29, 1.82) is 0 Å². The van der Waals surface area contributed by atoms with Gasteiger partial charge in [0.25, 0.3) is 0 Å². The zero-order chi connectivity index (χ0) is 12.9. The van der Waals surface area contributed by atoms with Crippen molar-refractivity contribution < 1.29 is 4.59 Å². The fourth-order valence-electron chi connectivity index (χ4n) is 2.04. The van der Waals surface area contributed by atoms with E-state index in [1.165, 1.54) is 32.1 Å². The molecule has 1 saturated carbocycles. The van der Waals surface area contributed by atoms with Crippen LogP contribution in [0.1, 0.15) is 39.0 Å². The molecular weight excluding hydrogens is 232 g/mol. The maximum atomic E-state index is 5.23. The first-order valence-corrected chi connectivity index (χ1v) is 6.68. The van der Waals surface area contributed by atoms with Crippen molar-refractivity contribution in [1.82, 2.24) is 5.32 Å². The molecule has 0 aromatic carbocycles. The molecule has 0 aromatic heterocycles. The Morgan fingerprint density at radius 2 is 1.76 bits per heavy atom. The van der Waals surface area contributed by atoms with E-state index in [4.69, 9.17) is 12.6 Å². The lowest BCUT2D eigenvalue weighted by Crippen LogP contribution is -2.35. The van der Waals surface area contributed by atoms with Crippen molar-refractivity contribution >= 4 is 23.6 Å². The lowest BCUT2D eigenvalue weighted by molar-refractivity contribution is -0.877. The van der Waals surface area contributed by atoms with E-state index in [9.17, 15) is 0 Å². The van der Waals surface area contributed by atoms with Gasteiger partial charge in [0.2, 0.25) is 0 Å². The van der Waals surface area contributed by atoms with Crippen molar-refractivity contribution in [3.63, 3.8) is 0 Å². The highest BCUT2D eigenvalue weighted by atomic mass is 32.1. The molecule has 0 radical (unpaired) electrons. The number of aliphatic imine (C=N–C) groups is 1. The number of rotatable bonds is 2. The zero-order valence-electron chi connectivity index (χ0n) is 11.4. The molecule has 0 spiro atoms. The summed E-state index contributed by atoms with van der Waals surface area (Å²) in [4.78, 5) is 4.54. The SMILES string of the molecule is C/C(=N/[N+](C)(C)C)NC([S-])=NC1CCCCC1. The number of amidine groups is 2. The van der Waals surface area contributed by atoms with Gasteiger partial charge in [0.1, 0.15) is 0 Å². The predicted molar refractivity (Wildman–Crippen MR) is 76.0 cm³/mol. The van der Waals surface area contributed by atoms with Gasteiger partial charge in [-0.25, -0.2) is 4.59 Å². The summed E-state index contributed by atoms with van der Waals surface area (Å²) in [6, 6.07) is 0.417. The molecule has 1 aliphatic rings. The Kier molecular flexibility index (Phi) is 5.33. The summed E-state index contributed by atoms with van der Waals surface area (Å²) in [6.07, 6.45) is 6.25. The molecule has 0 unspecified atom stereocenters. The Morgan fingerprint density at radius 3 is 2.29 bits per heavy atom. The Balaban J connectivity index is 2.50. The largest absolute Gasteiger partial charge is 0.743 e. The van der Waals surface area contributed by atoms with Crippen LogP contribution >= 0.6 is 0 Å². The van der Waals surface area contributed by atoms with Crippen molar-refractivity contribution in [2.75, 3.05) is 21.1 Å². The van der Waals surface area contributed by atoms with E-state index in [1.54, 1.807) is 0 Å². The van der Waals surface area contributed by atoms with Gasteiger partial charge in [-0.15, -0.1) is 0 Å². The average Bonchev–Trinajstić information content (AvgIpc) is 2.15. The van der Waals surface area contributed by atoms with Crippen LogP contribution in [0, 0.1) is 0 Å². The van der Waals surface area contributed by atoms with Gasteiger partial charge in [0, 0.05) is 6.04 Å². The zero-order valence-corrected chi connectivity index (χ0v) is 12.2. The Morgan fingerprint density at radius 1 is 1.18 bits per heavy atom. The Bertz CT molecular complexity index is 298. The summed E-state index contributed by atoms with van der Waals surface area (Å²) in [5, 5.41) is 8.10. The standard InChI is InChI=1S/C12H24N4S/c1-10(15-16(2,3)4)13-12(17)14-11-8-6-5-7-9-11/h11H,5-9H2,1-4H3,(H-,13,14,15,17). The third-order valence-corrected chi connectivity index (χ3v) is 2.82. The van der Waals surface area contributed by atoms with Crippen LogP contribution in [0.15, 0.2) is 10.1 Å². The molecule has 1 rings (SSSR count). The minimum Gasteiger partial charge on any atom is -0.743 e. The van der Waals surface area contributed by atoms with Gasteiger partial charge in [-0.2, -0.15) is 0 Å². The van der Waals surface area contributed by atoms with Crippen LogP contribution < -0.4 is 5.32 Å². The second-order valence-electron chi connectivity index (χ2n) is 5.48. The van der Waals surface area contributed by atoms with E-state index in [0.29, 0.717) is 15.8 Å². The van der Waals surface area contributed by atoms with Gasteiger partial charge in [0.15, 0.2) is 5.84 Å². The van der Waals surface area contributed by atoms with Crippen molar-refractivity contribution in [3.8, 4) is 0 Å². The van der Waals surface area contributed by atoms with Crippen LogP contribution in [0.3, 0.4) is 0 Å². The summed E-state index contributed by atoms with van der Waals surface area (Å²) < 4.78 is 0.533. The summed E-state index contributed by atoms with van der Waals surface area (Å²) in [6.45, 7) is 1.92. The summed E-state index contributed by atoms with van der Waals surface area (Å²) in [5.41, 5.74) is 0. The van der Waals surface area contributed by atoms with E-state index in [1.807, 2.05) is 28.1 Å². The second-order valence-corrected chi connectivity index (χ2v) is 5.86. The third kappa shape index (κ3) is 6.58. The molecule has 0 atom stereocenters. The highest BCUT2D eigenvalue weighted by molar-refractivity contribution is 7.77. The van der Waals surface area contributed by atoms with E-state index in [0.717, 1.165) is 5.84 Å². The van der Waals surface area contributed by atoms with Gasteiger partial charge in [-0.1, -0.05) is 24.4 Å². The van der Waals surface area contributed by atoms with Gasteiger partial charge in [0.05, 0.1) is 21.1 Å². The quantitative estimate of drug-likeness (QED) is 0.269. The van der Waals surface area contributed by atoms with E-state index < -0.39 is 0 Å². The number of nitrogens with one attached hydrogen (secondary N) is 1. The minimum atomic E-state index is 0.417. The van der Waals surface area contributed by atoms with Crippen LogP contribution in [0.2, 0.25) is 0 Å². The molecule has 0 saturated heterocycles. The molecule has 0 heterocycles. The van der Waals surface area contributed by atoms with E-state index in [-0.39, 0.29) is 0 Å². The number of hydrogen-bond acceptors (Lipinski definition) is 3. The van der Waals surface area contributed by atoms with E-state index >= 15 is 0 Å².